The van der Waals surface area contributed by atoms with Crippen molar-refractivity contribution in [1.29, 1.82) is 0 Å². The van der Waals surface area contributed by atoms with Crippen LogP contribution in [0, 0.1) is 11.3 Å². The quantitative estimate of drug-likeness (QED) is 0.808. The zero-order chi connectivity index (χ0) is 16.2. The molecule has 0 saturated heterocycles. The molecule has 0 saturated carbocycles. The summed E-state index contributed by atoms with van der Waals surface area (Å²) in [5.41, 5.74) is 2.71. The van der Waals surface area contributed by atoms with Crippen molar-refractivity contribution in [2.45, 2.75) is 39.5 Å². The molecule has 1 aromatic rings. The fourth-order valence-electron chi connectivity index (χ4n) is 3.55. The molecule has 0 bridgehead atoms. The lowest BCUT2D eigenvalue weighted by Gasteiger charge is -2.39. The summed E-state index contributed by atoms with van der Waals surface area (Å²) < 4.78 is 10.7. The van der Waals surface area contributed by atoms with Gasteiger partial charge in [0, 0.05) is 0 Å². The van der Waals surface area contributed by atoms with Crippen LogP contribution in [0.4, 0.5) is 0 Å². The molecular weight excluding hydrogens is 276 g/mol. The number of aliphatic hydroxyl groups is 1. The van der Waals surface area contributed by atoms with Crippen LogP contribution < -0.4 is 9.47 Å². The van der Waals surface area contributed by atoms with Crippen molar-refractivity contribution in [2.24, 2.45) is 11.3 Å². The molecule has 1 unspecified atom stereocenters. The van der Waals surface area contributed by atoms with Gasteiger partial charge < -0.3 is 14.6 Å². The van der Waals surface area contributed by atoms with Gasteiger partial charge in [0.05, 0.1) is 20.8 Å². The Labute approximate surface area is 134 Å². The van der Waals surface area contributed by atoms with Crippen molar-refractivity contribution in [3.05, 3.63) is 35.4 Å². The van der Waals surface area contributed by atoms with Gasteiger partial charge in [-0.3, -0.25) is 0 Å². The average Bonchev–Trinajstić information content (AvgIpc) is 2.52. The van der Waals surface area contributed by atoms with Crippen LogP contribution in [0.2, 0.25) is 0 Å². The summed E-state index contributed by atoms with van der Waals surface area (Å²) in [6, 6.07) is 6.11. The number of methoxy groups -OCH3 is 2. The third-order valence-corrected chi connectivity index (χ3v) is 4.94. The van der Waals surface area contributed by atoms with E-state index < -0.39 is 0 Å². The Hall–Kier alpha value is -1.48. The minimum atomic E-state index is 0.181. The van der Waals surface area contributed by atoms with Crippen molar-refractivity contribution in [3.8, 4) is 11.5 Å². The van der Waals surface area contributed by atoms with E-state index in [1.807, 2.05) is 6.07 Å². The SMILES string of the molecule is COc1ccc(CCC2C(CO)=CCCC2(C)C)cc1OC. The molecular formula is C19H28O3. The maximum atomic E-state index is 9.64. The number of benzene rings is 1. The summed E-state index contributed by atoms with van der Waals surface area (Å²) >= 11 is 0. The van der Waals surface area contributed by atoms with Crippen LogP contribution >= 0.6 is 0 Å². The van der Waals surface area contributed by atoms with Gasteiger partial charge in [0.1, 0.15) is 0 Å². The van der Waals surface area contributed by atoms with Gasteiger partial charge in [0.2, 0.25) is 0 Å². The first kappa shape index (κ1) is 16.9. The predicted octanol–water partition coefficient (Wildman–Crippen LogP) is 3.99. The first-order chi connectivity index (χ1) is 10.5. The lowest BCUT2D eigenvalue weighted by molar-refractivity contribution is 0.180. The summed E-state index contributed by atoms with van der Waals surface area (Å²) in [6.07, 6.45) is 6.52. The third kappa shape index (κ3) is 3.64. The van der Waals surface area contributed by atoms with Crippen LogP contribution in [0.25, 0.3) is 0 Å². The first-order valence-corrected chi connectivity index (χ1v) is 8.02. The molecule has 0 fully saturated rings. The van der Waals surface area contributed by atoms with E-state index in [0.29, 0.717) is 5.92 Å². The molecule has 1 N–H and O–H groups in total. The molecule has 0 aromatic heterocycles. The van der Waals surface area contributed by atoms with E-state index in [-0.39, 0.29) is 12.0 Å². The van der Waals surface area contributed by atoms with Gasteiger partial charge in [-0.25, -0.2) is 0 Å². The van der Waals surface area contributed by atoms with E-state index >= 15 is 0 Å². The number of hydrogen-bond donors (Lipinski definition) is 1. The molecule has 122 valence electrons. The maximum absolute atomic E-state index is 9.64. The highest BCUT2D eigenvalue weighted by atomic mass is 16.5. The van der Waals surface area contributed by atoms with E-state index in [2.05, 4.69) is 32.1 Å². The van der Waals surface area contributed by atoms with Crippen molar-refractivity contribution < 1.29 is 14.6 Å². The summed E-state index contributed by atoms with van der Waals surface area (Å²) in [5, 5.41) is 9.64. The number of allylic oxidation sites excluding steroid dienone is 1. The van der Waals surface area contributed by atoms with Crippen LogP contribution in [-0.2, 0) is 6.42 Å². The average molecular weight is 304 g/mol. The van der Waals surface area contributed by atoms with E-state index in [4.69, 9.17) is 9.47 Å². The highest BCUT2D eigenvalue weighted by molar-refractivity contribution is 5.43. The molecule has 3 nitrogen and oxygen atoms in total. The lowest BCUT2D eigenvalue weighted by Crippen LogP contribution is -2.30. The van der Waals surface area contributed by atoms with Crippen molar-refractivity contribution in [1.82, 2.24) is 0 Å². The zero-order valence-corrected chi connectivity index (χ0v) is 14.2. The van der Waals surface area contributed by atoms with Gasteiger partial charge in [0.25, 0.3) is 0 Å². The lowest BCUT2D eigenvalue weighted by atomic mass is 9.66. The smallest absolute Gasteiger partial charge is 0.160 e. The largest absolute Gasteiger partial charge is 0.493 e. The summed E-state index contributed by atoms with van der Waals surface area (Å²) in [4.78, 5) is 0. The number of aliphatic hydroxyl groups excluding tert-OH is 1. The monoisotopic (exact) mass is 304 g/mol. The molecule has 0 heterocycles. The second kappa shape index (κ2) is 7.19. The van der Waals surface area contributed by atoms with Crippen molar-refractivity contribution >= 4 is 0 Å². The summed E-state index contributed by atoms with van der Waals surface area (Å²) in [7, 11) is 3.32. The minimum absolute atomic E-state index is 0.181. The zero-order valence-electron chi connectivity index (χ0n) is 14.2. The molecule has 2 rings (SSSR count). The van der Waals surface area contributed by atoms with E-state index in [1.54, 1.807) is 14.2 Å². The summed E-state index contributed by atoms with van der Waals surface area (Å²) in [6.45, 7) is 4.81. The highest BCUT2D eigenvalue weighted by Crippen LogP contribution is 2.43. The van der Waals surface area contributed by atoms with Gasteiger partial charge in [0.15, 0.2) is 11.5 Å². The fraction of sp³-hybridized carbons (Fsp3) is 0.579. The normalized spacial score (nSPS) is 20.4. The van der Waals surface area contributed by atoms with Crippen LogP contribution in [0.15, 0.2) is 29.8 Å². The number of ether oxygens (including phenoxy) is 2. The Bertz CT molecular complexity index is 531. The highest BCUT2D eigenvalue weighted by Gasteiger charge is 2.33. The Kier molecular flexibility index (Phi) is 5.52. The van der Waals surface area contributed by atoms with Crippen LogP contribution in [-0.4, -0.2) is 25.9 Å². The molecule has 0 radical (unpaired) electrons. The molecule has 22 heavy (non-hydrogen) atoms. The fourth-order valence-corrected chi connectivity index (χ4v) is 3.55. The van der Waals surface area contributed by atoms with E-state index in [9.17, 15) is 5.11 Å². The Morgan fingerprint density at radius 3 is 2.55 bits per heavy atom. The van der Waals surface area contributed by atoms with Crippen molar-refractivity contribution in [2.75, 3.05) is 20.8 Å². The molecule has 0 spiro atoms. The predicted molar refractivity (Wildman–Crippen MR) is 89.5 cm³/mol. The molecule has 0 aliphatic heterocycles. The molecule has 1 aromatic carbocycles. The Morgan fingerprint density at radius 2 is 1.91 bits per heavy atom. The number of aryl methyl sites for hydroxylation is 1. The van der Waals surface area contributed by atoms with E-state index in [0.717, 1.165) is 30.8 Å². The van der Waals surface area contributed by atoms with Gasteiger partial charge >= 0.3 is 0 Å². The Morgan fingerprint density at radius 1 is 1.18 bits per heavy atom. The Balaban J connectivity index is 2.11. The van der Waals surface area contributed by atoms with Crippen LogP contribution in [0.5, 0.6) is 11.5 Å². The summed E-state index contributed by atoms with van der Waals surface area (Å²) in [5.74, 6) is 1.99. The van der Waals surface area contributed by atoms with Gasteiger partial charge in [-0.2, -0.15) is 0 Å². The van der Waals surface area contributed by atoms with Crippen molar-refractivity contribution in [3.63, 3.8) is 0 Å². The number of hydrogen-bond acceptors (Lipinski definition) is 3. The third-order valence-electron chi connectivity index (χ3n) is 4.94. The molecule has 1 atom stereocenters. The van der Waals surface area contributed by atoms with Gasteiger partial charge in [-0.1, -0.05) is 26.0 Å². The maximum Gasteiger partial charge on any atom is 0.160 e. The van der Waals surface area contributed by atoms with Crippen LogP contribution in [0.1, 0.15) is 38.7 Å². The topological polar surface area (TPSA) is 38.7 Å². The number of rotatable bonds is 6. The van der Waals surface area contributed by atoms with Gasteiger partial charge in [-0.05, 0) is 60.3 Å². The second-order valence-corrected chi connectivity index (χ2v) is 6.75. The van der Waals surface area contributed by atoms with Crippen LogP contribution in [0.3, 0.4) is 0 Å². The molecule has 0 amide bonds. The molecule has 1 aliphatic rings. The molecule has 3 heteroatoms. The first-order valence-electron chi connectivity index (χ1n) is 8.02. The minimum Gasteiger partial charge on any atom is -0.493 e. The van der Waals surface area contributed by atoms with Gasteiger partial charge in [-0.15, -0.1) is 0 Å². The molecule has 1 aliphatic carbocycles. The van der Waals surface area contributed by atoms with E-state index in [1.165, 1.54) is 17.6 Å². The second-order valence-electron chi connectivity index (χ2n) is 6.75. The standard InChI is InChI=1S/C19H28O3/c1-19(2)11-5-6-15(13-20)16(19)9-7-14-8-10-17(21-3)18(12-14)22-4/h6,8,10,12,16,20H,5,7,9,11,13H2,1-4H3.